The van der Waals surface area contributed by atoms with Crippen LogP contribution < -0.4 is 9.64 Å². The second-order valence-electron chi connectivity index (χ2n) is 7.79. The second kappa shape index (κ2) is 8.89. The first-order valence-corrected chi connectivity index (χ1v) is 11.7. The quantitative estimate of drug-likeness (QED) is 0.370. The molecule has 1 aliphatic rings. The molecule has 5 rings (SSSR count). The van der Waals surface area contributed by atoms with Gasteiger partial charge >= 0.3 is 0 Å². The van der Waals surface area contributed by atoms with Crippen LogP contribution in [0.1, 0.15) is 24.5 Å². The summed E-state index contributed by atoms with van der Waals surface area (Å²) in [5, 5.41) is 12.5. The molecule has 162 valence electrons. The number of anilines is 1. The summed E-state index contributed by atoms with van der Waals surface area (Å²) in [7, 11) is 0. The van der Waals surface area contributed by atoms with Crippen molar-refractivity contribution >= 4 is 22.9 Å². The molecule has 0 saturated carbocycles. The first-order chi connectivity index (χ1) is 16.2. The van der Waals surface area contributed by atoms with Gasteiger partial charge in [0, 0.05) is 16.5 Å². The Hall–Kier alpha value is -3.95. The number of thiazole rings is 1. The largest absolute Gasteiger partial charge is 0.478 e. The Bertz CT molecular complexity index is 1360. The second-order valence-corrected chi connectivity index (χ2v) is 8.65. The van der Waals surface area contributed by atoms with E-state index in [-0.39, 0.29) is 5.91 Å². The number of aromatic nitrogens is 1. The van der Waals surface area contributed by atoms with Gasteiger partial charge in [-0.25, -0.2) is 4.98 Å². The number of carbonyl (C=O) groups is 1. The van der Waals surface area contributed by atoms with Crippen molar-refractivity contribution in [2.75, 3.05) is 4.90 Å². The number of ether oxygens (including phenoxy) is 1. The molecular formula is C27H21N3O2S. The van der Waals surface area contributed by atoms with E-state index < -0.39 is 6.10 Å². The minimum Gasteiger partial charge on any atom is -0.478 e. The highest BCUT2D eigenvalue weighted by Crippen LogP contribution is 2.40. The van der Waals surface area contributed by atoms with Crippen molar-refractivity contribution in [2.45, 2.75) is 26.0 Å². The fourth-order valence-electron chi connectivity index (χ4n) is 3.96. The van der Waals surface area contributed by atoms with Gasteiger partial charge in [-0.15, -0.1) is 11.3 Å². The summed E-state index contributed by atoms with van der Waals surface area (Å²) < 4.78 is 6.01. The third-order valence-corrected chi connectivity index (χ3v) is 6.61. The topological polar surface area (TPSA) is 66.2 Å². The SMILES string of the molecule is CCC1Oc2ccc(-c3csc(-c4ccccc4)n3)cc2N(Cc2ccccc2C#N)C1=O. The first-order valence-electron chi connectivity index (χ1n) is 10.8. The highest BCUT2D eigenvalue weighted by Gasteiger charge is 2.34. The van der Waals surface area contributed by atoms with Crippen LogP contribution in [0.3, 0.4) is 0 Å². The van der Waals surface area contributed by atoms with Crippen molar-refractivity contribution in [3.63, 3.8) is 0 Å². The lowest BCUT2D eigenvalue weighted by Gasteiger charge is -2.34. The molecule has 0 bridgehead atoms. The molecule has 5 nitrogen and oxygen atoms in total. The van der Waals surface area contributed by atoms with E-state index in [0.29, 0.717) is 30.0 Å². The number of nitriles is 1. The summed E-state index contributed by atoms with van der Waals surface area (Å²) in [5.41, 5.74) is 4.91. The van der Waals surface area contributed by atoms with E-state index in [9.17, 15) is 10.1 Å². The monoisotopic (exact) mass is 451 g/mol. The molecule has 0 saturated heterocycles. The van der Waals surface area contributed by atoms with Crippen LogP contribution in [0, 0.1) is 11.3 Å². The van der Waals surface area contributed by atoms with Gasteiger partial charge in [0.05, 0.1) is 29.6 Å². The van der Waals surface area contributed by atoms with Crippen LogP contribution >= 0.6 is 11.3 Å². The Morgan fingerprint density at radius 1 is 1.06 bits per heavy atom. The standard InChI is InChI=1S/C27H21N3O2S/c1-2-24-27(31)30(16-21-11-7-6-10-20(21)15-28)23-14-19(12-13-25(23)32-24)22-17-33-26(29-22)18-8-4-3-5-9-18/h3-14,17,24H,2,16H2,1H3. The maximum atomic E-state index is 13.3. The molecule has 4 aromatic rings. The molecule has 1 aliphatic heterocycles. The minimum atomic E-state index is -0.540. The molecule has 2 heterocycles. The molecule has 3 aromatic carbocycles. The first kappa shape index (κ1) is 20.9. The van der Waals surface area contributed by atoms with Gasteiger partial charge < -0.3 is 9.64 Å². The van der Waals surface area contributed by atoms with Gasteiger partial charge in [-0.1, -0.05) is 55.5 Å². The maximum Gasteiger partial charge on any atom is 0.268 e. The third-order valence-electron chi connectivity index (χ3n) is 5.72. The molecule has 0 spiro atoms. The zero-order valence-electron chi connectivity index (χ0n) is 18.1. The summed E-state index contributed by atoms with van der Waals surface area (Å²) in [6.45, 7) is 2.24. The fraction of sp³-hybridized carbons (Fsp3) is 0.148. The number of rotatable bonds is 5. The normalized spacial score (nSPS) is 15.0. The lowest BCUT2D eigenvalue weighted by molar-refractivity contribution is -0.126. The lowest BCUT2D eigenvalue weighted by Crippen LogP contribution is -2.45. The molecule has 33 heavy (non-hydrogen) atoms. The van der Waals surface area contributed by atoms with Gasteiger partial charge in [-0.3, -0.25) is 4.79 Å². The molecule has 0 fully saturated rings. The molecule has 0 radical (unpaired) electrons. The average Bonchev–Trinajstić information content (AvgIpc) is 3.36. The zero-order chi connectivity index (χ0) is 22.8. The number of amides is 1. The maximum absolute atomic E-state index is 13.3. The predicted octanol–water partition coefficient (Wildman–Crippen LogP) is 6.05. The molecule has 0 N–H and O–H groups in total. The summed E-state index contributed by atoms with van der Waals surface area (Å²) in [5.74, 6) is 0.566. The number of nitrogens with zero attached hydrogens (tertiary/aromatic N) is 3. The van der Waals surface area contributed by atoms with E-state index in [1.54, 1.807) is 22.3 Å². The van der Waals surface area contributed by atoms with Gasteiger partial charge in [0.25, 0.3) is 5.91 Å². The van der Waals surface area contributed by atoms with Gasteiger partial charge in [0.15, 0.2) is 6.10 Å². The fourth-order valence-corrected chi connectivity index (χ4v) is 4.80. The Morgan fingerprint density at radius 2 is 1.85 bits per heavy atom. The Balaban J connectivity index is 1.54. The van der Waals surface area contributed by atoms with Crippen molar-refractivity contribution in [3.05, 3.63) is 89.3 Å². The molecule has 1 atom stereocenters. The summed E-state index contributed by atoms with van der Waals surface area (Å²) >= 11 is 1.59. The van der Waals surface area contributed by atoms with Crippen LogP contribution in [0.2, 0.25) is 0 Å². The van der Waals surface area contributed by atoms with Gasteiger partial charge in [-0.05, 0) is 36.2 Å². The van der Waals surface area contributed by atoms with Crippen LogP contribution in [0.25, 0.3) is 21.8 Å². The van der Waals surface area contributed by atoms with Gasteiger partial charge in [0.1, 0.15) is 10.8 Å². The van der Waals surface area contributed by atoms with Crippen LogP contribution in [-0.2, 0) is 11.3 Å². The summed E-state index contributed by atoms with van der Waals surface area (Å²) in [6, 6.07) is 25.5. The molecule has 1 unspecified atom stereocenters. The van der Waals surface area contributed by atoms with Crippen molar-refractivity contribution in [1.29, 1.82) is 5.26 Å². The zero-order valence-corrected chi connectivity index (χ0v) is 18.9. The molecular weight excluding hydrogens is 430 g/mol. The number of hydrogen-bond acceptors (Lipinski definition) is 5. The van der Waals surface area contributed by atoms with E-state index >= 15 is 0 Å². The highest BCUT2D eigenvalue weighted by atomic mass is 32.1. The van der Waals surface area contributed by atoms with E-state index in [1.165, 1.54) is 0 Å². The number of benzene rings is 3. The number of carbonyl (C=O) groups excluding carboxylic acids is 1. The highest BCUT2D eigenvalue weighted by molar-refractivity contribution is 7.13. The van der Waals surface area contributed by atoms with E-state index in [1.807, 2.05) is 79.0 Å². The van der Waals surface area contributed by atoms with E-state index in [2.05, 4.69) is 6.07 Å². The van der Waals surface area contributed by atoms with Crippen LogP contribution in [0.4, 0.5) is 5.69 Å². The van der Waals surface area contributed by atoms with E-state index in [4.69, 9.17) is 9.72 Å². The molecule has 6 heteroatoms. The number of fused-ring (bicyclic) bond motifs is 1. The van der Waals surface area contributed by atoms with Crippen molar-refractivity contribution in [3.8, 4) is 33.6 Å². The smallest absolute Gasteiger partial charge is 0.268 e. The Morgan fingerprint density at radius 3 is 2.64 bits per heavy atom. The van der Waals surface area contributed by atoms with E-state index in [0.717, 1.165) is 27.4 Å². The lowest BCUT2D eigenvalue weighted by atomic mass is 10.0. The van der Waals surface area contributed by atoms with Crippen molar-refractivity contribution < 1.29 is 9.53 Å². The van der Waals surface area contributed by atoms with Crippen LogP contribution in [0.15, 0.2) is 78.2 Å². The average molecular weight is 452 g/mol. The number of hydrogen-bond donors (Lipinski definition) is 0. The Kier molecular flexibility index (Phi) is 5.64. The van der Waals surface area contributed by atoms with Crippen molar-refractivity contribution in [1.82, 2.24) is 4.98 Å². The molecule has 1 amide bonds. The minimum absolute atomic E-state index is 0.0989. The molecule has 0 aliphatic carbocycles. The molecule has 1 aromatic heterocycles. The third kappa shape index (κ3) is 3.99. The van der Waals surface area contributed by atoms with Gasteiger partial charge in [0.2, 0.25) is 0 Å². The van der Waals surface area contributed by atoms with Crippen molar-refractivity contribution in [2.24, 2.45) is 0 Å². The van der Waals surface area contributed by atoms with Gasteiger partial charge in [-0.2, -0.15) is 5.26 Å². The van der Waals surface area contributed by atoms with Crippen LogP contribution in [-0.4, -0.2) is 17.0 Å². The summed E-state index contributed by atoms with van der Waals surface area (Å²) in [4.78, 5) is 19.8. The Labute approximate surface area is 196 Å². The summed E-state index contributed by atoms with van der Waals surface area (Å²) in [6.07, 6.45) is 0.0321. The predicted molar refractivity (Wildman–Crippen MR) is 130 cm³/mol. The van der Waals surface area contributed by atoms with Crippen LogP contribution in [0.5, 0.6) is 5.75 Å².